The second-order valence-electron chi connectivity index (χ2n) is 4.22. The molecule has 98 valence electrons. The summed E-state index contributed by atoms with van der Waals surface area (Å²) in [6.07, 6.45) is 0. The van der Waals surface area contributed by atoms with Gasteiger partial charge in [0.2, 0.25) is 0 Å². The number of methoxy groups -OCH3 is 1. The third-order valence-corrected chi connectivity index (χ3v) is 3.19. The molecule has 4 nitrogen and oxygen atoms in total. The summed E-state index contributed by atoms with van der Waals surface area (Å²) in [4.78, 5) is 2.29. The first-order chi connectivity index (χ1) is 8.10. The van der Waals surface area contributed by atoms with Gasteiger partial charge in [-0.3, -0.25) is 4.90 Å². The minimum absolute atomic E-state index is 0.0939. The quantitative estimate of drug-likeness (QED) is 0.840. The van der Waals surface area contributed by atoms with Crippen molar-refractivity contribution in [2.75, 3.05) is 26.8 Å². The van der Waals surface area contributed by atoms with Gasteiger partial charge in [-0.05, 0) is 41.9 Å². The van der Waals surface area contributed by atoms with Gasteiger partial charge in [0.25, 0.3) is 0 Å². The molecule has 0 fully saturated rings. The number of halogens is 1. The third-order valence-electron chi connectivity index (χ3n) is 2.76. The Kier molecular flexibility index (Phi) is 6.19. The summed E-state index contributed by atoms with van der Waals surface area (Å²) >= 11 is 3.32. The lowest BCUT2D eigenvalue weighted by atomic mass is 10.1. The van der Waals surface area contributed by atoms with Crippen molar-refractivity contribution < 1.29 is 9.15 Å². The average Bonchev–Trinajstić information content (AvgIpc) is 2.70. The third kappa shape index (κ3) is 4.10. The average molecular weight is 305 g/mol. The van der Waals surface area contributed by atoms with E-state index in [2.05, 4.69) is 34.7 Å². The van der Waals surface area contributed by atoms with Gasteiger partial charge >= 0.3 is 0 Å². The van der Waals surface area contributed by atoms with Crippen LogP contribution in [0.3, 0.4) is 0 Å². The van der Waals surface area contributed by atoms with E-state index >= 15 is 0 Å². The zero-order valence-corrected chi connectivity index (χ0v) is 12.2. The highest BCUT2D eigenvalue weighted by molar-refractivity contribution is 9.10. The van der Waals surface area contributed by atoms with E-state index in [0.29, 0.717) is 19.2 Å². The Bertz CT molecular complexity index is 328. The van der Waals surface area contributed by atoms with Crippen molar-refractivity contribution in [3.05, 3.63) is 22.6 Å². The number of nitrogens with two attached hydrogens (primary N) is 1. The van der Waals surface area contributed by atoms with Gasteiger partial charge in [0.05, 0.1) is 12.6 Å². The first-order valence-corrected chi connectivity index (χ1v) is 6.59. The van der Waals surface area contributed by atoms with Gasteiger partial charge < -0.3 is 14.9 Å². The number of hydrogen-bond donors (Lipinski definition) is 1. The summed E-state index contributed by atoms with van der Waals surface area (Å²) < 4.78 is 11.5. The summed E-state index contributed by atoms with van der Waals surface area (Å²) in [5.41, 5.74) is 5.87. The van der Waals surface area contributed by atoms with E-state index in [0.717, 1.165) is 17.0 Å². The van der Waals surface area contributed by atoms with Crippen LogP contribution >= 0.6 is 15.9 Å². The largest absolute Gasteiger partial charge is 0.453 e. The van der Waals surface area contributed by atoms with Gasteiger partial charge in [0, 0.05) is 26.2 Å². The second-order valence-corrected chi connectivity index (χ2v) is 5.00. The van der Waals surface area contributed by atoms with E-state index in [9.17, 15) is 0 Å². The van der Waals surface area contributed by atoms with Crippen molar-refractivity contribution >= 4 is 15.9 Å². The molecule has 0 radical (unpaired) electrons. The van der Waals surface area contributed by atoms with Crippen LogP contribution < -0.4 is 5.73 Å². The van der Waals surface area contributed by atoms with Gasteiger partial charge in [0.1, 0.15) is 5.76 Å². The van der Waals surface area contributed by atoms with E-state index < -0.39 is 0 Å². The normalized spacial score (nSPS) is 13.6. The molecule has 0 saturated carbocycles. The molecule has 1 aromatic heterocycles. The van der Waals surface area contributed by atoms with Crippen LogP contribution in [0.2, 0.25) is 0 Å². The molecule has 1 atom stereocenters. The Labute approximate surface area is 111 Å². The van der Waals surface area contributed by atoms with Crippen molar-refractivity contribution in [1.29, 1.82) is 0 Å². The molecule has 0 aliphatic carbocycles. The van der Waals surface area contributed by atoms with Crippen LogP contribution in [0.1, 0.15) is 25.6 Å². The predicted octanol–water partition coefficient (Wildman–Crippen LogP) is 2.40. The molecule has 1 heterocycles. The van der Waals surface area contributed by atoms with Crippen LogP contribution in [0, 0.1) is 0 Å². The Morgan fingerprint density at radius 1 is 1.47 bits per heavy atom. The topological polar surface area (TPSA) is 51.6 Å². The molecule has 0 bridgehead atoms. The molecule has 0 aliphatic rings. The molecular formula is C12H21BrN2O2. The zero-order chi connectivity index (χ0) is 12.8. The maximum atomic E-state index is 5.87. The van der Waals surface area contributed by atoms with Crippen LogP contribution in [0.15, 0.2) is 21.2 Å². The van der Waals surface area contributed by atoms with E-state index in [-0.39, 0.29) is 6.04 Å². The number of hydrogen-bond acceptors (Lipinski definition) is 4. The lowest BCUT2D eigenvalue weighted by molar-refractivity contribution is 0.0887. The molecule has 2 N–H and O–H groups in total. The monoisotopic (exact) mass is 304 g/mol. The number of nitrogens with zero attached hydrogens (tertiary/aromatic N) is 1. The minimum atomic E-state index is 0.0939. The van der Waals surface area contributed by atoms with Crippen LogP contribution in [0.4, 0.5) is 0 Å². The predicted molar refractivity (Wildman–Crippen MR) is 71.9 cm³/mol. The van der Waals surface area contributed by atoms with Crippen molar-refractivity contribution in [3.8, 4) is 0 Å². The van der Waals surface area contributed by atoms with Crippen molar-refractivity contribution in [3.63, 3.8) is 0 Å². The Morgan fingerprint density at radius 3 is 2.59 bits per heavy atom. The van der Waals surface area contributed by atoms with Crippen LogP contribution in [0.5, 0.6) is 0 Å². The highest BCUT2D eigenvalue weighted by Gasteiger charge is 2.24. The molecule has 0 spiro atoms. The maximum absolute atomic E-state index is 5.87. The van der Waals surface area contributed by atoms with Crippen LogP contribution in [0.25, 0.3) is 0 Å². The van der Waals surface area contributed by atoms with Gasteiger partial charge in [-0.25, -0.2) is 0 Å². The summed E-state index contributed by atoms with van der Waals surface area (Å²) in [6.45, 7) is 6.36. The lowest BCUT2D eigenvalue weighted by Gasteiger charge is -2.32. The molecule has 1 rings (SSSR count). The fourth-order valence-corrected chi connectivity index (χ4v) is 2.21. The molecule has 1 aromatic rings. The SMILES string of the molecule is COCCN(C(C)C)C(CN)c1ccc(Br)o1. The van der Waals surface area contributed by atoms with Crippen molar-refractivity contribution in [2.24, 2.45) is 5.73 Å². The molecule has 0 aliphatic heterocycles. The highest BCUT2D eigenvalue weighted by atomic mass is 79.9. The molecule has 5 heteroatoms. The summed E-state index contributed by atoms with van der Waals surface area (Å²) in [7, 11) is 1.71. The zero-order valence-electron chi connectivity index (χ0n) is 10.6. The van der Waals surface area contributed by atoms with E-state index in [1.807, 2.05) is 12.1 Å². The fourth-order valence-electron chi connectivity index (χ4n) is 1.89. The first-order valence-electron chi connectivity index (χ1n) is 5.80. The Morgan fingerprint density at radius 2 is 2.18 bits per heavy atom. The molecule has 17 heavy (non-hydrogen) atoms. The first kappa shape index (κ1) is 14.7. The fraction of sp³-hybridized carbons (Fsp3) is 0.667. The van der Waals surface area contributed by atoms with Gasteiger partial charge in [0.15, 0.2) is 4.67 Å². The summed E-state index contributed by atoms with van der Waals surface area (Å²) in [5.74, 6) is 0.893. The molecular weight excluding hydrogens is 284 g/mol. The molecule has 1 unspecified atom stereocenters. The molecule has 0 aromatic carbocycles. The lowest BCUT2D eigenvalue weighted by Crippen LogP contribution is -2.40. The minimum Gasteiger partial charge on any atom is -0.453 e. The number of furan rings is 1. The van der Waals surface area contributed by atoms with Gasteiger partial charge in [-0.15, -0.1) is 0 Å². The van der Waals surface area contributed by atoms with E-state index in [4.69, 9.17) is 14.9 Å². The van der Waals surface area contributed by atoms with Crippen LogP contribution in [-0.4, -0.2) is 37.7 Å². The second kappa shape index (κ2) is 7.16. The highest BCUT2D eigenvalue weighted by Crippen LogP contribution is 2.25. The maximum Gasteiger partial charge on any atom is 0.169 e. The Balaban J connectivity index is 2.81. The van der Waals surface area contributed by atoms with E-state index in [1.54, 1.807) is 7.11 Å². The summed E-state index contributed by atoms with van der Waals surface area (Å²) in [6, 6.07) is 4.34. The van der Waals surface area contributed by atoms with Gasteiger partial charge in [-0.1, -0.05) is 0 Å². The smallest absolute Gasteiger partial charge is 0.169 e. The van der Waals surface area contributed by atoms with Gasteiger partial charge in [-0.2, -0.15) is 0 Å². The van der Waals surface area contributed by atoms with Crippen molar-refractivity contribution in [1.82, 2.24) is 4.90 Å². The number of rotatable bonds is 7. The van der Waals surface area contributed by atoms with Crippen molar-refractivity contribution in [2.45, 2.75) is 25.9 Å². The molecule has 0 saturated heterocycles. The standard InChI is InChI=1S/C12H21BrN2O2/c1-9(2)15(6-7-16-3)10(8-14)11-4-5-12(13)17-11/h4-5,9-10H,6-8,14H2,1-3H3. The van der Waals surface area contributed by atoms with E-state index in [1.165, 1.54) is 0 Å². The summed E-state index contributed by atoms with van der Waals surface area (Å²) in [5, 5.41) is 0. The Hall–Kier alpha value is -0.360. The van der Waals surface area contributed by atoms with Crippen LogP contribution in [-0.2, 0) is 4.74 Å². The number of ether oxygens (including phenoxy) is 1. The molecule has 0 amide bonds.